The number of ether oxygens (including phenoxy) is 1. The zero-order valence-corrected chi connectivity index (χ0v) is 22.2. The number of hydrogen-bond donors (Lipinski definition) is 1. The van der Waals surface area contributed by atoms with Gasteiger partial charge in [-0.1, -0.05) is 6.07 Å². The number of fused-ring (bicyclic) bond motifs is 1. The van der Waals surface area contributed by atoms with Crippen molar-refractivity contribution >= 4 is 28.6 Å². The fraction of sp³-hybridized carbons (Fsp3) is 0.483. The molecule has 0 radical (unpaired) electrons. The van der Waals surface area contributed by atoms with Gasteiger partial charge in [0.05, 0.1) is 17.7 Å². The van der Waals surface area contributed by atoms with Gasteiger partial charge in [-0.05, 0) is 99.0 Å². The van der Waals surface area contributed by atoms with Crippen molar-refractivity contribution in [3.05, 3.63) is 60.4 Å². The second-order valence-electron chi connectivity index (χ2n) is 9.74. The van der Waals surface area contributed by atoms with Gasteiger partial charge in [-0.25, -0.2) is 9.37 Å². The van der Waals surface area contributed by atoms with E-state index < -0.39 is 12.1 Å². The van der Waals surface area contributed by atoms with Gasteiger partial charge in [-0.15, -0.1) is 11.8 Å². The van der Waals surface area contributed by atoms with Crippen molar-refractivity contribution in [2.24, 2.45) is 11.8 Å². The predicted molar refractivity (Wildman–Crippen MR) is 146 cm³/mol. The zero-order chi connectivity index (χ0) is 26.0. The van der Waals surface area contributed by atoms with Crippen molar-refractivity contribution < 1.29 is 19.0 Å². The first-order chi connectivity index (χ1) is 18.0. The minimum Gasteiger partial charge on any atom is -0.497 e. The average Bonchev–Trinajstić information content (AvgIpc) is 2.93. The monoisotopic (exact) mass is 525 g/mol. The third-order valence-electron chi connectivity index (χ3n) is 7.32. The number of methoxy groups -OCH3 is 1. The number of carboxylic acids is 1. The summed E-state index contributed by atoms with van der Waals surface area (Å²) in [6.45, 7) is 2.86. The van der Waals surface area contributed by atoms with Crippen molar-refractivity contribution in [2.45, 2.75) is 49.7 Å². The number of nitrogens with zero attached hydrogens (tertiary/aromatic N) is 3. The van der Waals surface area contributed by atoms with Crippen molar-refractivity contribution in [1.29, 1.82) is 0 Å². The Morgan fingerprint density at radius 1 is 1.19 bits per heavy atom. The highest BCUT2D eigenvalue weighted by Crippen LogP contribution is 2.36. The molecule has 0 bridgehead atoms. The molecule has 1 aliphatic rings. The molecular formula is C29H36FN3O3S. The molecule has 0 saturated carbocycles. The van der Waals surface area contributed by atoms with Crippen molar-refractivity contribution in [1.82, 2.24) is 14.9 Å². The van der Waals surface area contributed by atoms with E-state index in [0.717, 1.165) is 60.6 Å². The van der Waals surface area contributed by atoms with Gasteiger partial charge in [0.15, 0.2) is 0 Å². The molecule has 1 N–H and O–H groups in total. The molecule has 4 rings (SSSR count). The quantitative estimate of drug-likeness (QED) is 0.204. The van der Waals surface area contributed by atoms with E-state index in [-0.39, 0.29) is 12.3 Å². The highest BCUT2D eigenvalue weighted by atomic mass is 32.2. The number of benzene rings is 1. The number of carboxylic acid groups (broad SMARTS) is 1. The highest BCUT2D eigenvalue weighted by Gasteiger charge is 2.30. The summed E-state index contributed by atoms with van der Waals surface area (Å²) in [5.41, 5.74) is 1.41. The minimum atomic E-state index is -1.10. The van der Waals surface area contributed by atoms with Gasteiger partial charge in [-0.2, -0.15) is 0 Å². The number of pyridine rings is 2. The first-order valence-electron chi connectivity index (χ1n) is 13.1. The standard InChI is InChI=1S/C29H36FN3O3S/c1-36-23-8-10-27-25(19-23)24(12-15-31-27)26(30)9-6-21-13-17-33(20-22(21)7-11-29(34)35)16-4-18-37-28-5-2-3-14-32-28/h2-3,5,8,10,12,14-15,19,21-22,26H,4,6-7,9,11,13,16-18,20H2,1H3,(H,34,35)/t21?,22?,26-/m0/s1. The molecule has 3 heterocycles. The predicted octanol–water partition coefficient (Wildman–Crippen LogP) is 6.41. The van der Waals surface area contributed by atoms with Gasteiger partial charge >= 0.3 is 5.97 Å². The molecule has 1 saturated heterocycles. The number of aromatic nitrogens is 2. The average molecular weight is 526 g/mol. The number of aliphatic carboxylic acids is 1. The molecule has 37 heavy (non-hydrogen) atoms. The largest absolute Gasteiger partial charge is 0.497 e. The van der Waals surface area contributed by atoms with Crippen LogP contribution in [-0.4, -0.2) is 58.4 Å². The van der Waals surface area contributed by atoms with Crippen LogP contribution in [0.4, 0.5) is 4.39 Å². The molecule has 2 aromatic heterocycles. The fourth-order valence-corrected chi connectivity index (χ4v) is 6.13. The molecule has 1 fully saturated rings. The van der Waals surface area contributed by atoms with E-state index in [2.05, 4.69) is 14.9 Å². The van der Waals surface area contributed by atoms with E-state index in [0.29, 0.717) is 30.1 Å². The Bertz CT molecular complexity index is 1150. The van der Waals surface area contributed by atoms with Crippen LogP contribution in [0.15, 0.2) is 59.9 Å². The van der Waals surface area contributed by atoms with E-state index in [4.69, 9.17) is 4.74 Å². The number of piperidine rings is 1. The molecule has 0 amide bonds. The Morgan fingerprint density at radius 3 is 2.86 bits per heavy atom. The second-order valence-corrected chi connectivity index (χ2v) is 10.9. The van der Waals surface area contributed by atoms with E-state index in [1.165, 1.54) is 0 Å². The summed E-state index contributed by atoms with van der Waals surface area (Å²) in [4.78, 5) is 22.5. The van der Waals surface area contributed by atoms with Crippen molar-refractivity contribution in [3.63, 3.8) is 0 Å². The van der Waals surface area contributed by atoms with Crippen LogP contribution in [0, 0.1) is 11.8 Å². The SMILES string of the molecule is COc1ccc2nccc([C@@H](F)CCC3CCN(CCCSc4ccccn4)CC3CCC(=O)O)c2c1. The van der Waals surface area contributed by atoms with Gasteiger partial charge < -0.3 is 14.7 Å². The van der Waals surface area contributed by atoms with Crippen LogP contribution in [0.5, 0.6) is 5.75 Å². The fourth-order valence-electron chi connectivity index (χ4n) is 5.34. The molecule has 2 unspecified atom stereocenters. The molecular weight excluding hydrogens is 489 g/mol. The third-order valence-corrected chi connectivity index (χ3v) is 8.35. The summed E-state index contributed by atoms with van der Waals surface area (Å²) < 4.78 is 20.9. The number of hydrogen-bond acceptors (Lipinski definition) is 6. The summed E-state index contributed by atoms with van der Waals surface area (Å²) >= 11 is 1.77. The zero-order valence-electron chi connectivity index (χ0n) is 21.4. The second kappa shape index (κ2) is 13.7. The van der Waals surface area contributed by atoms with Gasteiger partial charge in [0.1, 0.15) is 11.9 Å². The lowest BCUT2D eigenvalue weighted by atomic mass is 9.79. The van der Waals surface area contributed by atoms with Gasteiger partial charge in [0.2, 0.25) is 0 Å². The lowest BCUT2D eigenvalue weighted by Gasteiger charge is -2.39. The van der Waals surface area contributed by atoms with Crippen LogP contribution in [0.1, 0.15) is 50.3 Å². The Balaban J connectivity index is 1.32. The molecule has 0 spiro atoms. The number of likely N-dealkylation sites (tertiary alicyclic amines) is 1. The summed E-state index contributed by atoms with van der Waals surface area (Å²) in [5.74, 6) is 1.54. The minimum absolute atomic E-state index is 0.165. The normalized spacial score (nSPS) is 19.1. The number of rotatable bonds is 13. The molecule has 8 heteroatoms. The number of carbonyl (C=O) groups is 1. The van der Waals surface area contributed by atoms with Crippen LogP contribution in [0.2, 0.25) is 0 Å². The summed E-state index contributed by atoms with van der Waals surface area (Å²) in [6.07, 6.45) is 6.41. The molecule has 6 nitrogen and oxygen atoms in total. The number of alkyl halides is 1. The molecule has 198 valence electrons. The maximum atomic E-state index is 15.5. The van der Waals surface area contributed by atoms with E-state index in [9.17, 15) is 9.90 Å². The van der Waals surface area contributed by atoms with E-state index in [1.54, 1.807) is 31.1 Å². The topological polar surface area (TPSA) is 75.5 Å². The lowest BCUT2D eigenvalue weighted by Crippen LogP contribution is -2.41. The molecule has 0 aliphatic carbocycles. The first kappa shape index (κ1) is 27.3. The van der Waals surface area contributed by atoms with Crippen LogP contribution in [0.3, 0.4) is 0 Å². The van der Waals surface area contributed by atoms with Gasteiger partial charge in [-0.3, -0.25) is 9.78 Å². The van der Waals surface area contributed by atoms with Crippen molar-refractivity contribution in [3.8, 4) is 5.75 Å². The van der Waals surface area contributed by atoms with Gasteiger partial charge in [0.25, 0.3) is 0 Å². The van der Waals surface area contributed by atoms with Crippen LogP contribution in [0.25, 0.3) is 10.9 Å². The smallest absolute Gasteiger partial charge is 0.303 e. The summed E-state index contributed by atoms with van der Waals surface area (Å²) in [5, 5.41) is 11.1. The summed E-state index contributed by atoms with van der Waals surface area (Å²) in [6, 6.07) is 13.3. The maximum Gasteiger partial charge on any atom is 0.303 e. The maximum absolute atomic E-state index is 15.5. The van der Waals surface area contributed by atoms with Crippen LogP contribution >= 0.6 is 11.8 Å². The van der Waals surface area contributed by atoms with E-state index in [1.807, 2.05) is 42.6 Å². The Labute approximate surface area is 222 Å². The number of halogens is 1. The summed E-state index contributed by atoms with van der Waals surface area (Å²) in [7, 11) is 1.60. The molecule has 3 aromatic rings. The molecule has 1 aromatic carbocycles. The Morgan fingerprint density at radius 2 is 2.08 bits per heavy atom. The third kappa shape index (κ3) is 7.89. The lowest BCUT2D eigenvalue weighted by molar-refractivity contribution is -0.137. The Kier molecular flexibility index (Phi) is 10.1. The van der Waals surface area contributed by atoms with Crippen LogP contribution < -0.4 is 4.74 Å². The van der Waals surface area contributed by atoms with E-state index >= 15 is 4.39 Å². The number of thioether (sulfide) groups is 1. The van der Waals surface area contributed by atoms with Gasteiger partial charge in [0, 0.05) is 36.5 Å². The van der Waals surface area contributed by atoms with Crippen molar-refractivity contribution in [2.75, 3.05) is 32.5 Å². The molecule has 1 aliphatic heterocycles. The van der Waals surface area contributed by atoms with Crippen LogP contribution in [-0.2, 0) is 4.79 Å². The first-order valence-corrected chi connectivity index (χ1v) is 14.1. The highest BCUT2D eigenvalue weighted by molar-refractivity contribution is 7.99. The molecule has 3 atom stereocenters. The Hall–Kier alpha value is -2.71.